The molecule has 0 bridgehead atoms. The number of pyridine rings is 1. The Morgan fingerprint density at radius 2 is 2.09 bits per heavy atom. The van der Waals surface area contributed by atoms with Crippen LogP contribution in [-0.2, 0) is 0 Å². The summed E-state index contributed by atoms with van der Waals surface area (Å²) in [6.07, 6.45) is 4.23. The van der Waals surface area contributed by atoms with Crippen molar-refractivity contribution >= 4 is 16.7 Å². The summed E-state index contributed by atoms with van der Waals surface area (Å²) in [5, 5.41) is 12.1. The molecule has 2 fully saturated rings. The maximum atomic E-state index is 10.9. The lowest BCUT2D eigenvalue weighted by atomic mass is 9.69. The van der Waals surface area contributed by atoms with Gasteiger partial charge in [0, 0.05) is 24.4 Å². The second-order valence-corrected chi connectivity index (χ2v) is 6.98. The number of anilines is 1. The van der Waals surface area contributed by atoms with E-state index in [0.717, 1.165) is 43.7 Å². The molecule has 1 aromatic heterocycles. The van der Waals surface area contributed by atoms with Gasteiger partial charge in [0.25, 0.3) is 0 Å². The molecule has 116 valence electrons. The SMILES string of the molecule is CC[C@@]1(O)CCC[C@@H]2CN(c3ccc4ccccc4n3)C[C@@H]21. The predicted octanol–water partition coefficient (Wildman–Crippen LogP) is 3.61. The number of fused-ring (bicyclic) bond motifs is 2. The molecule has 1 aromatic carbocycles. The van der Waals surface area contributed by atoms with E-state index in [4.69, 9.17) is 4.98 Å². The summed E-state index contributed by atoms with van der Waals surface area (Å²) < 4.78 is 0. The number of aromatic nitrogens is 1. The van der Waals surface area contributed by atoms with Crippen LogP contribution in [0.1, 0.15) is 32.6 Å². The molecule has 1 saturated heterocycles. The molecule has 1 aliphatic heterocycles. The predicted molar refractivity (Wildman–Crippen MR) is 90.0 cm³/mol. The van der Waals surface area contributed by atoms with Crippen LogP contribution >= 0.6 is 0 Å². The van der Waals surface area contributed by atoms with E-state index in [-0.39, 0.29) is 0 Å². The van der Waals surface area contributed by atoms with E-state index in [0.29, 0.717) is 11.8 Å². The van der Waals surface area contributed by atoms with Gasteiger partial charge in [-0.2, -0.15) is 0 Å². The number of aliphatic hydroxyl groups is 1. The molecule has 1 aliphatic carbocycles. The van der Waals surface area contributed by atoms with E-state index < -0.39 is 5.60 Å². The number of para-hydroxylation sites is 1. The monoisotopic (exact) mass is 296 g/mol. The Balaban J connectivity index is 1.63. The van der Waals surface area contributed by atoms with E-state index in [1.54, 1.807) is 0 Å². The van der Waals surface area contributed by atoms with Gasteiger partial charge >= 0.3 is 0 Å². The van der Waals surface area contributed by atoms with Gasteiger partial charge in [-0.25, -0.2) is 4.98 Å². The van der Waals surface area contributed by atoms with Gasteiger partial charge in [0.15, 0.2) is 0 Å². The molecule has 3 nitrogen and oxygen atoms in total. The van der Waals surface area contributed by atoms with Crippen LogP contribution in [0.4, 0.5) is 5.82 Å². The first-order valence-corrected chi connectivity index (χ1v) is 8.53. The Kier molecular flexibility index (Phi) is 3.33. The Morgan fingerprint density at radius 1 is 1.23 bits per heavy atom. The summed E-state index contributed by atoms with van der Waals surface area (Å²) in [6.45, 7) is 4.11. The molecule has 2 aromatic rings. The summed E-state index contributed by atoms with van der Waals surface area (Å²) in [7, 11) is 0. The van der Waals surface area contributed by atoms with Gasteiger partial charge in [-0.1, -0.05) is 31.5 Å². The van der Waals surface area contributed by atoms with E-state index in [9.17, 15) is 5.11 Å². The van der Waals surface area contributed by atoms with Crippen molar-refractivity contribution in [3.63, 3.8) is 0 Å². The Morgan fingerprint density at radius 3 is 2.95 bits per heavy atom. The van der Waals surface area contributed by atoms with Crippen LogP contribution in [0.15, 0.2) is 36.4 Å². The molecule has 1 N–H and O–H groups in total. The lowest BCUT2D eigenvalue weighted by molar-refractivity contribution is -0.0597. The fraction of sp³-hybridized carbons (Fsp3) is 0.526. The molecule has 0 spiro atoms. The normalized spacial score (nSPS) is 31.5. The van der Waals surface area contributed by atoms with Crippen LogP contribution < -0.4 is 4.90 Å². The first-order valence-electron chi connectivity index (χ1n) is 8.53. The molecule has 0 amide bonds. The smallest absolute Gasteiger partial charge is 0.129 e. The summed E-state index contributed by atoms with van der Waals surface area (Å²) in [6, 6.07) is 12.6. The highest BCUT2D eigenvalue weighted by atomic mass is 16.3. The Hall–Kier alpha value is -1.61. The quantitative estimate of drug-likeness (QED) is 0.919. The van der Waals surface area contributed by atoms with Crippen molar-refractivity contribution in [3.05, 3.63) is 36.4 Å². The molecule has 0 radical (unpaired) electrons. The van der Waals surface area contributed by atoms with Crippen LogP contribution in [0.25, 0.3) is 10.9 Å². The minimum absolute atomic E-state index is 0.402. The lowest BCUT2D eigenvalue weighted by Gasteiger charge is -2.40. The van der Waals surface area contributed by atoms with Gasteiger partial charge in [0.1, 0.15) is 5.82 Å². The van der Waals surface area contributed by atoms with E-state index >= 15 is 0 Å². The molecule has 4 rings (SSSR count). The van der Waals surface area contributed by atoms with Gasteiger partial charge in [0.05, 0.1) is 11.1 Å². The largest absolute Gasteiger partial charge is 0.390 e. The maximum Gasteiger partial charge on any atom is 0.129 e. The number of hydrogen-bond acceptors (Lipinski definition) is 3. The second kappa shape index (κ2) is 5.24. The van der Waals surface area contributed by atoms with E-state index in [2.05, 4.69) is 42.2 Å². The minimum atomic E-state index is -0.464. The van der Waals surface area contributed by atoms with Crippen LogP contribution in [0, 0.1) is 11.8 Å². The van der Waals surface area contributed by atoms with Crippen molar-refractivity contribution in [1.82, 2.24) is 4.98 Å². The molecule has 22 heavy (non-hydrogen) atoms. The second-order valence-electron chi connectivity index (χ2n) is 6.98. The molecular formula is C19H24N2O. The van der Waals surface area contributed by atoms with Gasteiger partial charge in [-0.3, -0.25) is 0 Å². The summed E-state index contributed by atoms with van der Waals surface area (Å²) in [5.41, 5.74) is 0.592. The molecule has 1 saturated carbocycles. The van der Waals surface area contributed by atoms with Gasteiger partial charge in [-0.15, -0.1) is 0 Å². The molecule has 2 heterocycles. The van der Waals surface area contributed by atoms with Crippen LogP contribution in [-0.4, -0.2) is 28.8 Å². The Bertz CT molecular complexity index is 686. The average Bonchev–Trinajstić information content (AvgIpc) is 3.00. The fourth-order valence-electron chi connectivity index (χ4n) is 4.49. The van der Waals surface area contributed by atoms with E-state index in [1.165, 1.54) is 11.8 Å². The van der Waals surface area contributed by atoms with Gasteiger partial charge < -0.3 is 10.0 Å². The number of nitrogens with zero attached hydrogens (tertiary/aromatic N) is 2. The lowest BCUT2D eigenvalue weighted by Crippen LogP contribution is -2.44. The maximum absolute atomic E-state index is 10.9. The topological polar surface area (TPSA) is 36.4 Å². The number of hydrogen-bond donors (Lipinski definition) is 1. The zero-order valence-corrected chi connectivity index (χ0v) is 13.2. The highest BCUT2D eigenvalue weighted by molar-refractivity contribution is 5.80. The van der Waals surface area contributed by atoms with Crippen molar-refractivity contribution in [2.75, 3.05) is 18.0 Å². The van der Waals surface area contributed by atoms with Crippen LogP contribution in [0.3, 0.4) is 0 Å². The first kappa shape index (κ1) is 14.0. The van der Waals surface area contributed by atoms with Crippen molar-refractivity contribution in [2.24, 2.45) is 11.8 Å². The molecule has 3 heteroatoms. The zero-order valence-electron chi connectivity index (χ0n) is 13.2. The van der Waals surface area contributed by atoms with Gasteiger partial charge in [-0.05, 0) is 43.4 Å². The third-order valence-corrected chi connectivity index (χ3v) is 5.84. The summed E-state index contributed by atoms with van der Waals surface area (Å²) in [5.74, 6) is 2.08. The van der Waals surface area contributed by atoms with Crippen LogP contribution in [0.5, 0.6) is 0 Å². The average molecular weight is 296 g/mol. The first-order chi connectivity index (χ1) is 10.7. The third kappa shape index (κ3) is 2.19. The molecule has 0 unspecified atom stereocenters. The van der Waals surface area contributed by atoms with Gasteiger partial charge in [0.2, 0.25) is 0 Å². The number of benzene rings is 1. The minimum Gasteiger partial charge on any atom is -0.390 e. The van der Waals surface area contributed by atoms with Crippen LogP contribution in [0.2, 0.25) is 0 Å². The van der Waals surface area contributed by atoms with Crippen molar-refractivity contribution in [3.8, 4) is 0 Å². The van der Waals surface area contributed by atoms with Crippen molar-refractivity contribution < 1.29 is 5.11 Å². The highest BCUT2D eigenvalue weighted by Gasteiger charge is 2.47. The summed E-state index contributed by atoms with van der Waals surface area (Å²) in [4.78, 5) is 7.22. The zero-order chi connectivity index (χ0) is 15.2. The molecule has 3 atom stereocenters. The van der Waals surface area contributed by atoms with Crippen molar-refractivity contribution in [1.29, 1.82) is 0 Å². The fourth-order valence-corrected chi connectivity index (χ4v) is 4.49. The number of rotatable bonds is 2. The molecule has 2 aliphatic rings. The Labute approximate surface area is 132 Å². The standard InChI is InChI=1S/C19H24N2O/c1-2-19(22)11-5-7-15-12-21(13-16(15)19)18-10-9-14-6-3-4-8-17(14)20-18/h3-4,6,8-10,15-16,22H,2,5,7,11-13H2,1H3/t15-,16+,19-/m1/s1. The van der Waals surface area contributed by atoms with Crippen molar-refractivity contribution in [2.45, 2.75) is 38.2 Å². The molecular weight excluding hydrogens is 272 g/mol. The van der Waals surface area contributed by atoms with E-state index in [1.807, 2.05) is 6.07 Å². The third-order valence-electron chi connectivity index (χ3n) is 5.84. The summed E-state index contributed by atoms with van der Waals surface area (Å²) >= 11 is 0. The highest BCUT2D eigenvalue weighted by Crippen LogP contribution is 2.45.